The van der Waals surface area contributed by atoms with Gasteiger partial charge >= 0.3 is 0 Å². The second-order valence-corrected chi connectivity index (χ2v) is 5.81. The van der Waals surface area contributed by atoms with Crippen molar-refractivity contribution in [1.82, 2.24) is 14.9 Å². The maximum atomic E-state index is 12.1. The van der Waals surface area contributed by atoms with Crippen molar-refractivity contribution in [1.29, 1.82) is 0 Å². The summed E-state index contributed by atoms with van der Waals surface area (Å²) in [6.07, 6.45) is 2.15. The number of aromatic nitrogens is 2. The van der Waals surface area contributed by atoms with Gasteiger partial charge in [-0.25, -0.2) is 4.98 Å². The fourth-order valence-corrected chi connectivity index (χ4v) is 2.68. The first kappa shape index (κ1) is 14.1. The molecule has 2 aliphatic rings. The van der Waals surface area contributed by atoms with E-state index in [1.165, 1.54) is 0 Å². The molecule has 1 amide bonds. The quantitative estimate of drug-likeness (QED) is 0.904. The first-order valence-electron chi connectivity index (χ1n) is 7.80. The predicted octanol–water partition coefficient (Wildman–Crippen LogP) is 1.28. The first-order valence-corrected chi connectivity index (χ1v) is 7.80. The standard InChI is InChI=1S/C15H23N5O/c1-3-16-13-10-11(2)17-15(18-13)20-8-6-19(7-9-20)14(21)12-4-5-12/h10,12H,3-9H2,1-2H3,(H,16,17,18). The molecule has 0 bridgehead atoms. The summed E-state index contributed by atoms with van der Waals surface area (Å²) in [6, 6.07) is 1.96. The second kappa shape index (κ2) is 5.87. The highest BCUT2D eigenvalue weighted by Gasteiger charge is 2.34. The maximum absolute atomic E-state index is 12.1. The minimum Gasteiger partial charge on any atom is -0.370 e. The van der Waals surface area contributed by atoms with Crippen LogP contribution in [0.15, 0.2) is 6.07 Å². The molecule has 0 radical (unpaired) electrons. The number of carbonyl (C=O) groups excluding carboxylic acids is 1. The van der Waals surface area contributed by atoms with Crippen LogP contribution >= 0.6 is 0 Å². The van der Waals surface area contributed by atoms with Gasteiger partial charge in [0.2, 0.25) is 11.9 Å². The molecule has 0 atom stereocenters. The van der Waals surface area contributed by atoms with Gasteiger partial charge in [-0.3, -0.25) is 4.79 Å². The molecule has 1 aromatic rings. The van der Waals surface area contributed by atoms with Crippen LogP contribution in [0.3, 0.4) is 0 Å². The third-order valence-corrected chi connectivity index (χ3v) is 4.00. The summed E-state index contributed by atoms with van der Waals surface area (Å²) in [5, 5.41) is 3.24. The summed E-state index contributed by atoms with van der Waals surface area (Å²) in [7, 11) is 0. The monoisotopic (exact) mass is 289 g/mol. The molecule has 1 aliphatic heterocycles. The predicted molar refractivity (Wildman–Crippen MR) is 82.4 cm³/mol. The summed E-state index contributed by atoms with van der Waals surface area (Å²) < 4.78 is 0. The van der Waals surface area contributed by atoms with Crippen LogP contribution in [-0.2, 0) is 4.79 Å². The van der Waals surface area contributed by atoms with Crippen LogP contribution in [0.1, 0.15) is 25.5 Å². The van der Waals surface area contributed by atoms with Gasteiger partial charge in [0.1, 0.15) is 5.82 Å². The van der Waals surface area contributed by atoms with Gasteiger partial charge in [-0.15, -0.1) is 0 Å². The normalized spacial score (nSPS) is 18.8. The Hall–Kier alpha value is -1.85. The van der Waals surface area contributed by atoms with Crippen molar-refractivity contribution in [3.05, 3.63) is 11.8 Å². The number of rotatable bonds is 4. The van der Waals surface area contributed by atoms with Gasteiger partial charge in [0.05, 0.1) is 0 Å². The topological polar surface area (TPSA) is 61.4 Å². The van der Waals surface area contributed by atoms with Gasteiger partial charge in [-0.2, -0.15) is 4.98 Å². The Bertz CT molecular complexity index is 521. The molecule has 6 nitrogen and oxygen atoms in total. The molecule has 1 aromatic heterocycles. The molecule has 1 N–H and O–H groups in total. The Morgan fingerprint density at radius 3 is 2.62 bits per heavy atom. The number of amides is 1. The maximum Gasteiger partial charge on any atom is 0.227 e. The van der Waals surface area contributed by atoms with Crippen LogP contribution in [0.2, 0.25) is 0 Å². The van der Waals surface area contributed by atoms with Gasteiger partial charge in [-0.1, -0.05) is 0 Å². The summed E-state index contributed by atoms with van der Waals surface area (Å²) >= 11 is 0. The van der Waals surface area contributed by atoms with Crippen molar-refractivity contribution >= 4 is 17.7 Å². The number of anilines is 2. The summed E-state index contributed by atoms with van der Waals surface area (Å²) in [6.45, 7) is 8.07. The lowest BCUT2D eigenvalue weighted by molar-refractivity contribution is -0.132. The number of piperazine rings is 1. The number of aryl methyl sites for hydroxylation is 1. The van der Waals surface area contributed by atoms with E-state index >= 15 is 0 Å². The van der Waals surface area contributed by atoms with Crippen molar-refractivity contribution < 1.29 is 4.79 Å². The third-order valence-electron chi connectivity index (χ3n) is 4.00. The molecule has 1 saturated carbocycles. The molecule has 0 spiro atoms. The Labute approximate surface area is 125 Å². The van der Waals surface area contributed by atoms with E-state index in [9.17, 15) is 4.79 Å². The van der Waals surface area contributed by atoms with E-state index in [4.69, 9.17) is 0 Å². The number of nitrogens with zero attached hydrogens (tertiary/aromatic N) is 4. The number of nitrogens with one attached hydrogen (secondary N) is 1. The first-order chi connectivity index (χ1) is 10.2. The van der Waals surface area contributed by atoms with E-state index < -0.39 is 0 Å². The summed E-state index contributed by atoms with van der Waals surface area (Å²) in [5.41, 5.74) is 0.965. The molecule has 2 fully saturated rings. The van der Waals surface area contributed by atoms with Crippen LogP contribution in [-0.4, -0.2) is 53.5 Å². The Morgan fingerprint density at radius 2 is 2.00 bits per heavy atom. The number of hydrogen-bond acceptors (Lipinski definition) is 5. The molecule has 3 rings (SSSR count). The van der Waals surface area contributed by atoms with E-state index in [2.05, 4.69) is 27.1 Å². The van der Waals surface area contributed by atoms with Crippen molar-refractivity contribution in [2.45, 2.75) is 26.7 Å². The lowest BCUT2D eigenvalue weighted by Crippen LogP contribution is -2.49. The highest BCUT2D eigenvalue weighted by Crippen LogP contribution is 2.31. The summed E-state index contributed by atoms with van der Waals surface area (Å²) in [5.74, 6) is 2.29. The van der Waals surface area contributed by atoms with Crippen molar-refractivity contribution in [2.24, 2.45) is 5.92 Å². The molecule has 114 valence electrons. The molecule has 0 unspecified atom stereocenters. The number of hydrogen-bond donors (Lipinski definition) is 1. The van der Waals surface area contributed by atoms with Gasteiger partial charge in [0.25, 0.3) is 0 Å². The SMILES string of the molecule is CCNc1cc(C)nc(N2CCN(C(=O)C3CC3)CC2)n1. The van der Waals surface area contributed by atoms with E-state index in [1.807, 2.05) is 17.9 Å². The molecule has 2 heterocycles. The molecule has 0 aromatic carbocycles. The van der Waals surface area contributed by atoms with Crippen LogP contribution in [0.4, 0.5) is 11.8 Å². The minimum absolute atomic E-state index is 0.312. The van der Waals surface area contributed by atoms with Crippen molar-refractivity contribution in [2.75, 3.05) is 42.9 Å². The Kier molecular flexibility index (Phi) is 3.94. The van der Waals surface area contributed by atoms with Gasteiger partial charge in [0.15, 0.2) is 0 Å². The van der Waals surface area contributed by atoms with Gasteiger partial charge < -0.3 is 15.1 Å². The van der Waals surface area contributed by atoms with E-state index in [0.29, 0.717) is 11.8 Å². The molecular weight excluding hydrogens is 266 g/mol. The van der Waals surface area contributed by atoms with Crippen LogP contribution in [0, 0.1) is 12.8 Å². The Morgan fingerprint density at radius 1 is 1.29 bits per heavy atom. The lowest BCUT2D eigenvalue weighted by Gasteiger charge is -2.35. The smallest absolute Gasteiger partial charge is 0.227 e. The van der Waals surface area contributed by atoms with Crippen molar-refractivity contribution in [3.63, 3.8) is 0 Å². The fourth-order valence-electron chi connectivity index (χ4n) is 2.68. The molecular formula is C15H23N5O. The summed E-state index contributed by atoms with van der Waals surface area (Å²) in [4.78, 5) is 25.3. The zero-order valence-corrected chi connectivity index (χ0v) is 12.8. The zero-order valence-electron chi connectivity index (χ0n) is 12.8. The lowest BCUT2D eigenvalue weighted by atomic mass is 10.2. The largest absolute Gasteiger partial charge is 0.370 e. The van der Waals surface area contributed by atoms with Crippen LogP contribution in [0.5, 0.6) is 0 Å². The van der Waals surface area contributed by atoms with Gasteiger partial charge in [-0.05, 0) is 26.7 Å². The minimum atomic E-state index is 0.312. The van der Waals surface area contributed by atoms with Gasteiger partial charge in [0, 0.05) is 50.4 Å². The fraction of sp³-hybridized carbons (Fsp3) is 0.667. The van der Waals surface area contributed by atoms with Crippen molar-refractivity contribution in [3.8, 4) is 0 Å². The second-order valence-electron chi connectivity index (χ2n) is 5.81. The average Bonchev–Trinajstić information content (AvgIpc) is 3.31. The van der Waals surface area contributed by atoms with E-state index in [0.717, 1.165) is 63.0 Å². The molecule has 1 aliphatic carbocycles. The van der Waals surface area contributed by atoms with Crippen LogP contribution in [0.25, 0.3) is 0 Å². The van der Waals surface area contributed by atoms with Crippen LogP contribution < -0.4 is 10.2 Å². The average molecular weight is 289 g/mol. The highest BCUT2D eigenvalue weighted by atomic mass is 16.2. The van der Waals surface area contributed by atoms with E-state index in [1.54, 1.807) is 0 Å². The molecule has 6 heteroatoms. The molecule has 21 heavy (non-hydrogen) atoms. The number of carbonyl (C=O) groups is 1. The highest BCUT2D eigenvalue weighted by molar-refractivity contribution is 5.81. The Balaban J connectivity index is 1.64. The third kappa shape index (κ3) is 3.25. The molecule has 1 saturated heterocycles. The zero-order chi connectivity index (χ0) is 14.8. The van der Waals surface area contributed by atoms with E-state index in [-0.39, 0.29) is 0 Å².